The van der Waals surface area contributed by atoms with Gasteiger partial charge in [-0.05, 0) is 36.5 Å². The van der Waals surface area contributed by atoms with Crippen LogP contribution in [0.15, 0.2) is 36.5 Å². The highest BCUT2D eigenvalue weighted by Gasteiger charge is 2.32. The highest BCUT2D eigenvalue weighted by atomic mass is 16.5. The lowest BCUT2D eigenvalue weighted by molar-refractivity contribution is -0.127. The van der Waals surface area contributed by atoms with Gasteiger partial charge in [-0.1, -0.05) is 24.3 Å². The quantitative estimate of drug-likeness (QED) is 0.822. The Balaban J connectivity index is 1.46. The lowest BCUT2D eigenvalue weighted by Gasteiger charge is -2.30. The van der Waals surface area contributed by atoms with Gasteiger partial charge in [-0.25, -0.2) is 0 Å². The van der Waals surface area contributed by atoms with Crippen molar-refractivity contribution in [1.29, 1.82) is 5.26 Å². The number of ether oxygens (including phenoxy) is 1. The third kappa shape index (κ3) is 3.91. The molecule has 2 aliphatic heterocycles. The molecule has 0 bridgehead atoms. The van der Waals surface area contributed by atoms with E-state index in [0.29, 0.717) is 38.1 Å². The molecule has 3 unspecified atom stereocenters. The minimum absolute atomic E-state index is 0.0436. The average molecular weight is 404 g/mol. The van der Waals surface area contributed by atoms with Crippen molar-refractivity contribution < 1.29 is 14.3 Å². The van der Waals surface area contributed by atoms with Gasteiger partial charge in [0.15, 0.2) is 0 Å². The number of amides is 2. The molecule has 3 heterocycles. The van der Waals surface area contributed by atoms with Crippen LogP contribution in [0, 0.1) is 23.2 Å². The van der Waals surface area contributed by atoms with E-state index in [1.54, 1.807) is 18.1 Å². The summed E-state index contributed by atoms with van der Waals surface area (Å²) >= 11 is 0. The first-order valence-electron chi connectivity index (χ1n) is 10.1. The van der Waals surface area contributed by atoms with Gasteiger partial charge in [0.1, 0.15) is 5.69 Å². The maximum Gasteiger partial charge on any atom is 0.272 e. The van der Waals surface area contributed by atoms with Gasteiger partial charge in [-0.3, -0.25) is 14.6 Å². The van der Waals surface area contributed by atoms with Crippen molar-refractivity contribution in [3.8, 4) is 17.2 Å². The third-order valence-electron chi connectivity index (χ3n) is 6.00. The Morgan fingerprint density at radius 2 is 2.13 bits per heavy atom. The molecule has 2 aliphatic rings. The van der Waals surface area contributed by atoms with Crippen molar-refractivity contribution in [2.45, 2.75) is 31.9 Å². The molecule has 7 heteroatoms. The molecule has 2 amide bonds. The maximum atomic E-state index is 12.0. The zero-order chi connectivity index (χ0) is 21.3. The number of fused-ring (bicyclic) bond motifs is 1. The van der Waals surface area contributed by atoms with Crippen LogP contribution in [-0.2, 0) is 22.5 Å². The van der Waals surface area contributed by atoms with E-state index in [2.05, 4.69) is 11.1 Å². The van der Waals surface area contributed by atoms with Crippen molar-refractivity contribution in [3.63, 3.8) is 0 Å². The minimum atomic E-state index is -0.332. The second kappa shape index (κ2) is 8.25. The molecule has 1 aromatic carbocycles. The van der Waals surface area contributed by atoms with E-state index in [9.17, 15) is 14.9 Å². The summed E-state index contributed by atoms with van der Waals surface area (Å²) in [6.45, 7) is 1.03. The predicted molar refractivity (Wildman–Crippen MR) is 110 cm³/mol. The third-order valence-corrected chi connectivity index (χ3v) is 6.00. The lowest BCUT2D eigenvalue weighted by Crippen LogP contribution is -2.37. The normalized spacial score (nSPS) is 21.7. The molecule has 4 rings (SSSR count). The maximum absolute atomic E-state index is 12.0. The van der Waals surface area contributed by atoms with Gasteiger partial charge >= 0.3 is 0 Å². The molecule has 0 aliphatic carbocycles. The van der Waals surface area contributed by atoms with Gasteiger partial charge < -0.3 is 15.4 Å². The summed E-state index contributed by atoms with van der Waals surface area (Å²) in [6.07, 6.45) is 3.11. The molecule has 1 fully saturated rings. The molecule has 1 saturated heterocycles. The summed E-state index contributed by atoms with van der Waals surface area (Å²) in [4.78, 5) is 29.5. The van der Waals surface area contributed by atoms with Crippen molar-refractivity contribution in [2.75, 3.05) is 13.7 Å². The fraction of sp³-hybridized carbons (Fsp3) is 0.391. The van der Waals surface area contributed by atoms with Crippen molar-refractivity contribution in [3.05, 3.63) is 53.3 Å². The number of nitrogens with two attached hydrogens (primary N) is 1. The van der Waals surface area contributed by atoms with Crippen LogP contribution < -0.4 is 5.73 Å². The topological polar surface area (TPSA) is 109 Å². The van der Waals surface area contributed by atoms with Crippen LogP contribution in [0.3, 0.4) is 0 Å². The van der Waals surface area contributed by atoms with Crippen LogP contribution in [-0.4, -0.2) is 41.5 Å². The Morgan fingerprint density at radius 1 is 1.37 bits per heavy atom. The monoisotopic (exact) mass is 404 g/mol. The number of hydrogen-bond acceptors (Lipinski definition) is 5. The van der Waals surface area contributed by atoms with E-state index in [1.165, 1.54) is 0 Å². The molecule has 0 radical (unpaired) electrons. The highest BCUT2D eigenvalue weighted by Crippen LogP contribution is 2.29. The van der Waals surface area contributed by atoms with Gasteiger partial charge in [-0.2, -0.15) is 5.26 Å². The standard InChI is InChI=1S/C23H24N4O3/c1-27-13-19-9-18(12-26-21(19)23(27)29)15-4-2-14(3-5-15)8-17(11-24)20-10-16(22(25)28)6-7-30-20/h2-5,9,12,16-17,20H,6-8,10,13H2,1H3,(H2,25,28). The van der Waals surface area contributed by atoms with Crippen molar-refractivity contribution >= 4 is 11.8 Å². The van der Waals surface area contributed by atoms with Crippen LogP contribution >= 0.6 is 0 Å². The molecule has 2 N–H and O–H groups in total. The number of carbonyl (C=O) groups excluding carboxylic acids is 2. The number of nitriles is 1. The number of nitrogens with zero attached hydrogens (tertiary/aromatic N) is 3. The van der Waals surface area contributed by atoms with Gasteiger partial charge in [0.05, 0.1) is 18.1 Å². The second-order valence-corrected chi connectivity index (χ2v) is 8.06. The van der Waals surface area contributed by atoms with Crippen LogP contribution in [0.1, 0.15) is 34.5 Å². The van der Waals surface area contributed by atoms with Gasteiger partial charge in [-0.15, -0.1) is 0 Å². The summed E-state index contributed by atoms with van der Waals surface area (Å²) in [7, 11) is 1.77. The smallest absolute Gasteiger partial charge is 0.272 e. The molecule has 0 saturated carbocycles. The number of hydrogen-bond donors (Lipinski definition) is 1. The zero-order valence-corrected chi connectivity index (χ0v) is 16.9. The Morgan fingerprint density at radius 3 is 2.83 bits per heavy atom. The van der Waals surface area contributed by atoms with Crippen molar-refractivity contribution in [1.82, 2.24) is 9.88 Å². The van der Waals surface area contributed by atoms with Crippen LogP contribution in [0.2, 0.25) is 0 Å². The Labute approximate surface area is 175 Å². The highest BCUT2D eigenvalue weighted by molar-refractivity contribution is 5.96. The largest absolute Gasteiger partial charge is 0.377 e. The van der Waals surface area contributed by atoms with E-state index in [1.807, 2.05) is 30.3 Å². The SMILES string of the molecule is CN1Cc2cc(-c3ccc(CC(C#N)C4CC(C(N)=O)CCO4)cc3)cnc2C1=O. The number of rotatable bonds is 5. The first kappa shape index (κ1) is 20.0. The number of carbonyl (C=O) groups is 2. The van der Waals surface area contributed by atoms with E-state index < -0.39 is 0 Å². The number of aromatic nitrogens is 1. The molecule has 7 nitrogen and oxygen atoms in total. The van der Waals surface area contributed by atoms with Gasteiger partial charge in [0, 0.05) is 43.4 Å². The van der Waals surface area contributed by atoms with Crippen LogP contribution in [0.4, 0.5) is 0 Å². The van der Waals surface area contributed by atoms with E-state index >= 15 is 0 Å². The molecule has 1 aromatic heterocycles. The lowest BCUT2D eigenvalue weighted by atomic mass is 9.85. The molecule has 2 aromatic rings. The Bertz CT molecular complexity index is 1010. The van der Waals surface area contributed by atoms with Crippen LogP contribution in [0.25, 0.3) is 11.1 Å². The minimum Gasteiger partial charge on any atom is -0.377 e. The summed E-state index contributed by atoms with van der Waals surface area (Å²) in [5, 5.41) is 9.64. The molecule has 30 heavy (non-hydrogen) atoms. The molecular formula is C23H24N4O3. The van der Waals surface area contributed by atoms with Gasteiger partial charge in [0.25, 0.3) is 5.91 Å². The molecule has 0 spiro atoms. The molecule has 154 valence electrons. The van der Waals surface area contributed by atoms with Crippen LogP contribution in [0.5, 0.6) is 0 Å². The Kier molecular flexibility index (Phi) is 5.51. The number of pyridine rings is 1. The summed E-state index contributed by atoms with van der Waals surface area (Å²) in [5.74, 6) is -0.917. The van der Waals surface area contributed by atoms with E-state index in [0.717, 1.165) is 22.3 Å². The summed E-state index contributed by atoms with van der Waals surface area (Å²) in [6, 6.07) is 12.3. The average Bonchev–Trinajstić information content (AvgIpc) is 3.05. The zero-order valence-electron chi connectivity index (χ0n) is 16.9. The first-order valence-corrected chi connectivity index (χ1v) is 10.1. The molecule has 3 atom stereocenters. The second-order valence-electron chi connectivity index (χ2n) is 8.06. The number of primary amides is 1. The summed E-state index contributed by atoms with van der Waals surface area (Å²) in [5.41, 5.74) is 9.89. The summed E-state index contributed by atoms with van der Waals surface area (Å²) < 4.78 is 5.77. The first-order chi connectivity index (χ1) is 14.5. The van der Waals surface area contributed by atoms with Crippen molar-refractivity contribution in [2.24, 2.45) is 17.6 Å². The fourth-order valence-electron chi connectivity index (χ4n) is 4.20. The van der Waals surface area contributed by atoms with Gasteiger partial charge in [0.2, 0.25) is 5.91 Å². The van der Waals surface area contributed by atoms with E-state index in [4.69, 9.17) is 10.5 Å². The Hall–Kier alpha value is -3.24. The fourth-order valence-corrected chi connectivity index (χ4v) is 4.20. The number of benzene rings is 1. The van der Waals surface area contributed by atoms with E-state index in [-0.39, 0.29) is 29.8 Å². The predicted octanol–water partition coefficient (Wildman–Crippen LogP) is 2.30. The molecular weight excluding hydrogens is 380 g/mol.